The normalized spacial score (nSPS) is 12.1. The highest BCUT2D eigenvalue weighted by Gasteiger charge is 2.12. The van der Waals surface area contributed by atoms with Gasteiger partial charge in [0, 0.05) is 25.0 Å². The zero-order valence-electron chi connectivity index (χ0n) is 12.6. The number of aromatic nitrogens is 4. The molecule has 2 aromatic heterocycles. The number of carbonyl (C=O) groups is 2. The SMILES string of the molecule is CC(CCc1cccn1C)NC(=O)Cn1cc(C(=O)O)nn1. The van der Waals surface area contributed by atoms with E-state index in [1.807, 2.05) is 26.2 Å². The molecular weight excluding hydrogens is 286 g/mol. The molecule has 0 bridgehead atoms. The van der Waals surface area contributed by atoms with E-state index in [4.69, 9.17) is 5.11 Å². The van der Waals surface area contributed by atoms with Crippen LogP contribution in [0.2, 0.25) is 0 Å². The fraction of sp³-hybridized carbons (Fsp3) is 0.429. The number of carboxylic acid groups (broad SMARTS) is 1. The maximum absolute atomic E-state index is 11.9. The Morgan fingerprint density at radius 3 is 2.82 bits per heavy atom. The van der Waals surface area contributed by atoms with Crippen molar-refractivity contribution in [3.63, 3.8) is 0 Å². The molecule has 0 aromatic carbocycles. The summed E-state index contributed by atoms with van der Waals surface area (Å²) in [4.78, 5) is 22.6. The van der Waals surface area contributed by atoms with Gasteiger partial charge in [-0.3, -0.25) is 4.79 Å². The molecule has 2 heterocycles. The molecule has 0 aliphatic rings. The topological polar surface area (TPSA) is 102 Å². The predicted octanol–water partition coefficient (Wildman–Crippen LogP) is 0.452. The third kappa shape index (κ3) is 4.18. The summed E-state index contributed by atoms with van der Waals surface area (Å²) in [6.07, 6.45) is 4.92. The van der Waals surface area contributed by atoms with Crippen molar-refractivity contribution in [3.05, 3.63) is 35.9 Å². The number of carbonyl (C=O) groups excluding carboxylic acids is 1. The summed E-state index contributed by atoms with van der Waals surface area (Å²) in [6, 6.07) is 4.06. The van der Waals surface area contributed by atoms with Crippen molar-refractivity contribution in [2.45, 2.75) is 32.4 Å². The Morgan fingerprint density at radius 1 is 1.45 bits per heavy atom. The Labute approximate surface area is 127 Å². The summed E-state index contributed by atoms with van der Waals surface area (Å²) in [6.45, 7) is 1.89. The van der Waals surface area contributed by atoms with Crippen LogP contribution in [0.4, 0.5) is 0 Å². The summed E-state index contributed by atoms with van der Waals surface area (Å²) in [5, 5.41) is 18.7. The summed E-state index contributed by atoms with van der Waals surface area (Å²) in [5.74, 6) is -1.39. The fourth-order valence-corrected chi connectivity index (χ4v) is 2.13. The van der Waals surface area contributed by atoms with Crippen molar-refractivity contribution in [3.8, 4) is 0 Å². The van der Waals surface area contributed by atoms with Crippen molar-refractivity contribution in [1.82, 2.24) is 24.9 Å². The Kier molecular flexibility index (Phi) is 4.92. The average Bonchev–Trinajstić information content (AvgIpc) is 3.05. The fourth-order valence-electron chi connectivity index (χ4n) is 2.13. The van der Waals surface area contributed by atoms with Crippen molar-refractivity contribution < 1.29 is 14.7 Å². The van der Waals surface area contributed by atoms with E-state index in [-0.39, 0.29) is 24.2 Å². The van der Waals surface area contributed by atoms with Gasteiger partial charge in [-0.2, -0.15) is 0 Å². The van der Waals surface area contributed by atoms with Crippen molar-refractivity contribution >= 4 is 11.9 Å². The van der Waals surface area contributed by atoms with Crippen molar-refractivity contribution in [1.29, 1.82) is 0 Å². The lowest BCUT2D eigenvalue weighted by Gasteiger charge is -2.14. The molecule has 2 rings (SSSR count). The van der Waals surface area contributed by atoms with E-state index >= 15 is 0 Å². The van der Waals surface area contributed by atoms with E-state index in [1.54, 1.807) is 0 Å². The van der Waals surface area contributed by atoms with Gasteiger partial charge in [0.05, 0.1) is 6.20 Å². The van der Waals surface area contributed by atoms with E-state index in [2.05, 4.69) is 26.3 Å². The predicted molar refractivity (Wildman–Crippen MR) is 78.3 cm³/mol. The number of hydrogen-bond donors (Lipinski definition) is 2. The first-order valence-electron chi connectivity index (χ1n) is 6.98. The number of aromatic carboxylic acids is 1. The first-order chi connectivity index (χ1) is 10.5. The van der Waals surface area contributed by atoms with Crippen LogP contribution in [0.25, 0.3) is 0 Å². The summed E-state index contributed by atoms with van der Waals surface area (Å²) in [5.41, 5.74) is 1.04. The van der Waals surface area contributed by atoms with E-state index in [9.17, 15) is 9.59 Å². The van der Waals surface area contributed by atoms with Crippen LogP contribution in [0.1, 0.15) is 29.5 Å². The van der Waals surface area contributed by atoms with Crippen molar-refractivity contribution in [2.75, 3.05) is 0 Å². The van der Waals surface area contributed by atoms with Crippen LogP contribution in [-0.4, -0.2) is 42.6 Å². The lowest BCUT2D eigenvalue weighted by Crippen LogP contribution is -2.35. The Balaban J connectivity index is 1.78. The molecular formula is C14H19N5O3. The van der Waals surface area contributed by atoms with Gasteiger partial charge in [-0.1, -0.05) is 5.21 Å². The van der Waals surface area contributed by atoms with Crippen LogP contribution in [0.3, 0.4) is 0 Å². The van der Waals surface area contributed by atoms with Gasteiger partial charge in [0.25, 0.3) is 0 Å². The Bertz CT molecular complexity index is 661. The smallest absolute Gasteiger partial charge is 0.358 e. The number of amides is 1. The number of carboxylic acids is 1. The van der Waals surface area contributed by atoms with Gasteiger partial charge in [-0.05, 0) is 31.9 Å². The molecule has 8 nitrogen and oxygen atoms in total. The largest absolute Gasteiger partial charge is 0.476 e. The van der Waals surface area contributed by atoms with E-state index in [1.165, 1.54) is 16.6 Å². The van der Waals surface area contributed by atoms with E-state index in [0.717, 1.165) is 12.8 Å². The summed E-state index contributed by atoms with van der Waals surface area (Å²) in [7, 11) is 1.99. The van der Waals surface area contributed by atoms with Crippen LogP contribution in [0, 0.1) is 0 Å². The van der Waals surface area contributed by atoms with Crippen LogP contribution in [-0.2, 0) is 24.8 Å². The zero-order chi connectivity index (χ0) is 16.1. The zero-order valence-corrected chi connectivity index (χ0v) is 12.6. The molecule has 0 spiro atoms. The number of hydrogen-bond acceptors (Lipinski definition) is 4. The minimum Gasteiger partial charge on any atom is -0.476 e. The lowest BCUT2D eigenvalue weighted by molar-refractivity contribution is -0.122. The third-order valence-electron chi connectivity index (χ3n) is 3.36. The maximum atomic E-state index is 11.9. The van der Waals surface area contributed by atoms with E-state index in [0.29, 0.717) is 0 Å². The van der Waals surface area contributed by atoms with Crippen molar-refractivity contribution in [2.24, 2.45) is 7.05 Å². The van der Waals surface area contributed by atoms with Crippen LogP contribution < -0.4 is 5.32 Å². The molecule has 0 radical (unpaired) electrons. The summed E-state index contributed by atoms with van der Waals surface area (Å²) >= 11 is 0. The molecule has 0 aliphatic carbocycles. The van der Waals surface area contributed by atoms with Gasteiger partial charge in [-0.25, -0.2) is 9.48 Å². The van der Waals surface area contributed by atoms with E-state index < -0.39 is 5.97 Å². The van der Waals surface area contributed by atoms with Gasteiger partial charge in [0.2, 0.25) is 5.91 Å². The molecule has 8 heteroatoms. The summed E-state index contributed by atoms with van der Waals surface area (Å²) < 4.78 is 3.26. The van der Waals surface area contributed by atoms with Gasteiger partial charge in [0.15, 0.2) is 5.69 Å². The van der Waals surface area contributed by atoms with Crippen LogP contribution in [0.5, 0.6) is 0 Å². The Morgan fingerprint density at radius 2 is 2.23 bits per heavy atom. The first kappa shape index (κ1) is 15.7. The molecule has 0 saturated carbocycles. The first-order valence-corrected chi connectivity index (χ1v) is 6.98. The second-order valence-corrected chi connectivity index (χ2v) is 5.22. The molecule has 0 saturated heterocycles. The Hall–Kier alpha value is -2.64. The highest BCUT2D eigenvalue weighted by atomic mass is 16.4. The van der Waals surface area contributed by atoms with Gasteiger partial charge in [0.1, 0.15) is 6.54 Å². The molecule has 0 fully saturated rings. The maximum Gasteiger partial charge on any atom is 0.358 e. The number of nitrogens with one attached hydrogen (secondary N) is 1. The lowest BCUT2D eigenvalue weighted by atomic mass is 10.1. The van der Waals surface area contributed by atoms with Crippen LogP contribution >= 0.6 is 0 Å². The second-order valence-electron chi connectivity index (χ2n) is 5.22. The van der Waals surface area contributed by atoms with Crippen LogP contribution in [0.15, 0.2) is 24.5 Å². The standard InChI is InChI=1S/C14H19N5O3/c1-10(5-6-11-4-3-7-18(11)2)15-13(20)9-19-8-12(14(21)22)16-17-19/h3-4,7-8,10H,5-6,9H2,1-2H3,(H,15,20)(H,21,22). The minimum absolute atomic E-state index is 0.0184. The second kappa shape index (κ2) is 6.88. The highest BCUT2D eigenvalue weighted by molar-refractivity contribution is 5.84. The molecule has 22 heavy (non-hydrogen) atoms. The monoisotopic (exact) mass is 305 g/mol. The number of aryl methyl sites for hydroxylation is 2. The highest BCUT2D eigenvalue weighted by Crippen LogP contribution is 2.05. The molecule has 0 aliphatic heterocycles. The molecule has 118 valence electrons. The van der Waals surface area contributed by atoms with Gasteiger partial charge in [-0.15, -0.1) is 5.10 Å². The van der Waals surface area contributed by atoms with Gasteiger partial charge < -0.3 is 15.0 Å². The number of rotatable bonds is 7. The molecule has 1 amide bonds. The molecule has 2 aromatic rings. The molecule has 2 N–H and O–H groups in total. The third-order valence-corrected chi connectivity index (χ3v) is 3.36. The molecule has 1 unspecified atom stereocenters. The average molecular weight is 305 g/mol. The van der Waals surface area contributed by atoms with Gasteiger partial charge >= 0.3 is 5.97 Å². The quantitative estimate of drug-likeness (QED) is 0.773. The number of nitrogens with zero attached hydrogens (tertiary/aromatic N) is 4. The molecule has 1 atom stereocenters. The minimum atomic E-state index is -1.16.